The monoisotopic (exact) mass is 357 g/mol. The van der Waals surface area contributed by atoms with Crippen LogP contribution < -0.4 is 10.2 Å². The van der Waals surface area contributed by atoms with E-state index in [1.165, 1.54) is 17.0 Å². The van der Waals surface area contributed by atoms with Crippen molar-refractivity contribution in [2.75, 3.05) is 26.8 Å². The molecule has 25 heavy (non-hydrogen) atoms. The normalized spacial score (nSPS) is 21.1. The Hall–Kier alpha value is -2.29. The third-order valence-corrected chi connectivity index (χ3v) is 4.02. The van der Waals surface area contributed by atoms with Crippen molar-refractivity contribution < 1.29 is 27.4 Å². The predicted molar refractivity (Wildman–Crippen MR) is 83.2 cm³/mol. The Kier molecular flexibility index (Phi) is 4.85. The second-order valence-electron chi connectivity index (χ2n) is 5.98. The summed E-state index contributed by atoms with van der Waals surface area (Å²) in [6.45, 7) is 0.716. The van der Waals surface area contributed by atoms with E-state index in [9.17, 15) is 18.0 Å². The summed E-state index contributed by atoms with van der Waals surface area (Å²) in [6.07, 6.45) is -3.08. The molecule has 1 fully saturated rings. The summed E-state index contributed by atoms with van der Waals surface area (Å²) in [5.74, 6) is -0.301. The van der Waals surface area contributed by atoms with E-state index in [4.69, 9.17) is 9.47 Å². The van der Waals surface area contributed by atoms with Gasteiger partial charge in [-0.3, -0.25) is 4.79 Å². The fourth-order valence-corrected chi connectivity index (χ4v) is 2.79. The first-order chi connectivity index (χ1) is 11.8. The molecule has 6 nitrogen and oxygen atoms in total. The quantitative estimate of drug-likeness (QED) is 0.895. The molecule has 2 aliphatic rings. The maximum atomic E-state index is 13.4. The summed E-state index contributed by atoms with van der Waals surface area (Å²) >= 11 is 0. The van der Waals surface area contributed by atoms with E-state index in [2.05, 4.69) is 10.5 Å². The van der Waals surface area contributed by atoms with E-state index in [0.717, 1.165) is 18.9 Å². The molecule has 1 atom stereocenters. The Morgan fingerprint density at radius 3 is 2.88 bits per heavy atom. The van der Waals surface area contributed by atoms with Crippen LogP contribution in [0.3, 0.4) is 0 Å². The van der Waals surface area contributed by atoms with Gasteiger partial charge in [0, 0.05) is 19.2 Å². The van der Waals surface area contributed by atoms with Crippen molar-refractivity contribution in [3.05, 3.63) is 29.3 Å². The van der Waals surface area contributed by atoms with Gasteiger partial charge in [-0.1, -0.05) is 0 Å². The van der Waals surface area contributed by atoms with Crippen LogP contribution in [0.15, 0.2) is 23.3 Å². The zero-order chi connectivity index (χ0) is 18.0. The number of rotatable bonds is 4. The third-order valence-electron chi connectivity index (χ3n) is 4.02. The van der Waals surface area contributed by atoms with Crippen LogP contribution >= 0.6 is 0 Å². The zero-order valence-corrected chi connectivity index (χ0v) is 13.6. The number of hydrazone groups is 1. The van der Waals surface area contributed by atoms with Gasteiger partial charge in [-0.15, -0.1) is 0 Å². The van der Waals surface area contributed by atoms with Crippen molar-refractivity contribution in [1.82, 2.24) is 10.3 Å². The molecule has 0 aromatic heterocycles. The number of likely N-dealkylation sites (N-methyl/N-ethyl adjacent to an activating group) is 1. The Balaban J connectivity index is 1.86. The number of carbonyl (C=O) groups excluding carboxylic acids is 1. The first-order valence-electron chi connectivity index (χ1n) is 7.88. The molecule has 1 aromatic carbocycles. The number of nitrogens with zero attached hydrogens (tertiary/aromatic N) is 2. The van der Waals surface area contributed by atoms with Gasteiger partial charge in [0.25, 0.3) is 5.91 Å². The summed E-state index contributed by atoms with van der Waals surface area (Å²) < 4.78 is 51.0. The van der Waals surface area contributed by atoms with Crippen molar-refractivity contribution in [3.8, 4) is 5.75 Å². The zero-order valence-electron chi connectivity index (χ0n) is 13.6. The van der Waals surface area contributed by atoms with Gasteiger partial charge in [-0.05, 0) is 31.0 Å². The van der Waals surface area contributed by atoms with Gasteiger partial charge in [0.15, 0.2) is 5.84 Å². The molecule has 2 heterocycles. The molecule has 0 aliphatic carbocycles. The van der Waals surface area contributed by atoms with Gasteiger partial charge in [-0.2, -0.15) is 18.3 Å². The number of alkyl halides is 3. The Morgan fingerprint density at radius 1 is 1.44 bits per heavy atom. The van der Waals surface area contributed by atoms with Crippen LogP contribution in [0.2, 0.25) is 0 Å². The lowest BCUT2D eigenvalue weighted by atomic mass is 10.1. The number of halogens is 3. The summed E-state index contributed by atoms with van der Waals surface area (Å²) in [6, 6.07) is 3.75. The highest BCUT2D eigenvalue weighted by Crippen LogP contribution is 2.37. The van der Waals surface area contributed by atoms with E-state index in [1.807, 2.05) is 0 Å². The van der Waals surface area contributed by atoms with Crippen LogP contribution in [-0.2, 0) is 15.7 Å². The van der Waals surface area contributed by atoms with Crippen molar-refractivity contribution >= 4 is 11.7 Å². The highest BCUT2D eigenvalue weighted by molar-refractivity contribution is 6.02. The molecule has 2 aliphatic heterocycles. The molecule has 3 rings (SSSR count). The number of benzene rings is 1. The molecule has 1 saturated heterocycles. The summed E-state index contributed by atoms with van der Waals surface area (Å²) in [5.41, 5.74) is 1.65. The van der Waals surface area contributed by atoms with Crippen LogP contribution in [-0.4, -0.2) is 49.6 Å². The molecule has 1 N–H and O–H groups in total. The first-order valence-corrected chi connectivity index (χ1v) is 7.88. The lowest BCUT2D eigenvalue weighted by Crippen LogP contribution is -2.43. The highest BCUT2D eigenvalue weighted by Gasteiger charge is 2.36. The van der Waals surface area contributed by atoms with Crippen LogP contribution in [0.5, 0.6) is 5.75 Å². The highest BCUT2D eigenvalue weighted by atomic mass is 19.4. The fourth-order valence-electron chi connectivity index (χ4n) is 2.79. The minimum Gasteiger partial charge on any atom is -0.490 e. The van der Waals surface area contributed by atoms with Crippen molar-refractivity contribution in [2.24, 2.45) is 5.10 Å². The van der Waals surface area contributed by atoms with Crippen molar-refractivity contribution in [1.29, 1.82) is 0 Å². The van der Waals surface area contributed by atoms with Gasteiger partial charge >= 0.3 is 6.18 Å². The maximum Gasteiger partial charge on any atom is 0.419 e. The van der Waals surface area contributed by atoms with Crippen LogP contribution in [0, 0.1) is 0 Å². The Bertz CT molecular complexity index is 685. The first kappa shape index (κ1) is 17.5. The minimum atomic E-state index is -4.57. The van der Waals surface area contributed by atoms with Crippen LogP contribution in [0.1, 0.15) is 24.0 Å². The lowest BCUT2D eigenvalue weighted by Gasteiger charge is -2.25. The average molecular weight is 357 g/mol. The van der Waals surface area contributed by atoms with Crippen molar-refractivity contribution in [3.63, 3.8) is 0 Å². The second-order valence-corrected chi connectivity index (χ2v) is 5.98. The number of nitrogens with one attached hydrogen (secondary N) is 1. The predicted octanol–water partition coefficient (Wildman–Crippen LogP) is 1.99. The van der Waals surface area contributed by atoms with Gasteiger partial charge < -0.3 is 14.4 Å². The smallest absolute Gasteiger partial charge is 0.419 e. The Morgan fingerprint density at radius 2 is 2.24 bits per heavy atom. The maximum absolute atomic E-state index is 13.4. The second kappa shape index (κ2) is 6.91. The number of amides is 1. The van der Waals surface area contributed by atoms with Gasteiger partial charge in [0.1, 0.15) is 12.4 Å². The molecule has 0 spiro atoms. The number of carbonyl (C=O) groups is 1. The lowest BCUT2D eigenvalue weighted by molar-refractivity contribution is -0.139. The molecule has 0 bridgehead atoms. The third kappa shape index (κ3) is 4.04. The molecule has 1 aromatic rings. The molecular weight excluding hydrogens is 339 g/mol. The van der Waals surface area contributed by atoms with Gasteiger partial charge in [-0.25, -0.2) is 5.43 Å². The van der Waals surface area contributed by atoms with E-state index in [1.54, 1.807) is 7.05 Å². The minimum absolute atomic E-state index is 0.0253. The molecule has 0 saturated carbocycles. The molecule has 0 radical (unpaired) electrons. The number of amidine groups is 1. The summed E-state index contributed by atoms with van der Waals surface area (Å²) in [4.78, 5) is 12.8. The Labute approximate surface area is 142 Å². The van der Waals surface area contributed by atoms with E-state index in [-0.39, 0.29) is 42.3 Å². The van der Waals surface area contributed by atoms with Crippen LogP contribution in [0.4, 0.5) is 13.2 Å². The average Bonchev–Trinajstić information content (AvgIpc) is 3.05. The number of hydrogen-bond donors (Lipinski definition) is 1. The van der Waals surface area contributed by atoms with Crippen molar-refractivity contribution in [2.45, 2.75) is 25.1 Å². The number of hydrogen-bond acceptors (Lipinski definition) is 5. The largest absolute Gasteiger partial charge is 0.490 e. The van der Waals surface area contributed by atoms with E-state index in [0.29, 0.717) is 6.61 Å². The van der Waals surface area contributed by atoms with E-state index < -0.39 is 11.7 Å². The summed E-state index contributed by atoms with van der Waals surface area (Å²) in [5, 5.41) is 3.84. The molecule has 1 amide bonds. The topological polar surface area (TPSA) is 63.2 Å². The van der Waals surface area contributed by atoms with Gasteiger partial charge in [0.05, 0.1) is 18.2 Å². The molecule has 136 valence electrons. The van der Waals surface area contributed by atoms with Gasteiger partial charge in [0.2, 0.25) is 0 Å². The molecule has 0 unspecified atom stereocenters. The molecular formula is C16H18F3N3O3. The molecule has 9 heteroatoms. The standard InChI is InChI=1S/C16H18F3N3O3/c1-22-8-14(23)20-21-15(22)10-4-5-13(12(7-10)16(17,18)19)25-9-11-3-2-6-24-11/h4-5,7,11H,2-3,6,8-9H2,1H3,(H,20,23)/t11-/m1/s1. The van der Waals surface area contributed by atoms with E-state index >= 15 is 0 Å². The summed E-state index contributed by atoms with van der Waals surface area (Å²) in [7, 11) is 1.59. The number of ether oxygens (including phenoxy) is 2. The fraction of sp³-hybridized carbons (Fsp3) is 0.500. The van der Waals surface area contributed by atoms with Crippen LogP contribution in [0.25, 0.3) is 0 Å². The SMILES string of the molecule is CN1CC(=O)NN=C1c1ccc(OC[C@H]2CCCO2)c(C(F)(F)F)c1.